The number of esters is 1. The molecule has 1 aliphatic rings. The van der Waals surface area contributed by atoms with Crippen molar-refractivity contribution in [3.05, 3.63) is 77.5 Å². The Morgan fingerprint density at radius 3 is 2.44 bits per heavy atom. The molecule has 1 saturated carbocycles. The zero-order valence-corrected chi connectivity index (χ0v) is 23.1. The Hall–Kier alpha value is -3.94. The van der Waals surface area contributed by atoms with E-state index in [1.165, 1.54) is 43.9 Å². The zero-order valence-electron chi connectivity index (χ0n) is 23.1. The third-order valence-corrected chi connectivity index (χ3v) is 6.63. The number of carbonyl (C=O) groups is 2. The summed E-state index contributed by atoms with van der Waals surface area (Å²) in [6.45, 7) is 5.91. The molecule has 0 unspecified atom stereocenters. The highest BCUT2D eigenvalue weighted by Crippen LogP contribution is 2.26. The number of hydrogen-bond donors (Lipinski definition) is 3. The molecule has 0 bridgehead atoms. The van der Waals surface area contributed by atoms with Gasteiger partial charge in [0, 0.05) is 18.4 Å². The van der Waals surface area contributed by atoms with Gasteiger partial charge in [-0.2, -0.15) is 4.98 Å². The van der Waals surface area contributed by atoms with E-state index >= 15 is 0 Å². The Labute approximate surface area is 231 Å². The molecule has 8 nitrogen and oxygen atoms in total. The Bertz CT molecular complexity index is 1250. The number of anilines is 3. The average molecular weight is 530 g/mol. The predicted molar refractivity (Wildman–Crippen MR) is 154 cm³/mol. The number of aromatic nitrogens is 2. The molecule has 0 atom stereocenters. The summed E-state index contributed by atoms with van der Waals surface area (Å²) < 4.78 is 5.32. The summed E-state index contributed by atoms with van der Waals surface area (Å²) in [5.41, 5.74) is 2.71. The summed E-state index contributed by atoms with van der Waals surface area (Å²) in [7, 11) is 0. The first kappa shape index (κ1) is 28.1. The highest BCUT2D eigenvalue weighted by Gasteiger charge is 2.21. The van der Waals surface area contributed by atoms with E-state index in [0.29, 0.717) is 17.7 Å². The summed E-state index contributed by atoms with van der Waals surface area (Å²) in [6.07, 6.45) is 8.46. The number of para-hydroxylation sites is 1. The van der Waals surface area contributed by atoms with Crippen LogP contribution in [-0.2, 0) is 16.0 Å². The van der Waals surface area contributed by atoms with Crippen molar-refractivity contribution in [2.75, 3.05) is 23.7 Å². The molecule has 8 heteroatoms. The molecule has 0 radical (unpaired) electrons. The minimum Gasteiger partial charge on any atom is -0.459 e. The summed E-state index contributed by atoms with van der Waals surface area (Å²) in [6, 6.07) is 18.2. The van der Waals surface area contributed by atoms with Crippen LogP contribution in [0, 0.1) is 5.92 Å². The van der Waals surface area contributed by atoms with E-state index in [-0.39, 0.29) is 12.1 Å². The van der Waals surface area contributed by atoms with Crippen molar-refractivity contribution >= 4 is 29.3 Å². The van der Waals surface area contributed by atoms with Crippen LogP contribution in [0.15, 0.2) is 60.8 Å². The van der Waals surface area contributed by atoms with Crippen LogP contribution in [0.5, 0.6) is 0 Å². The van der Waals surface area contributed by atoms with Gasteiger partial charge in [0.2, 0.25) is 5.95 Å². The molecule has 4 rings (SSSR count). The highest BCUT2D eigenvalue weighted by atomic mass is 16.6. The van der Waals surface area contributed by atoms with Crippen molar-refractivity contribution in [1.29, 1.82) is 0 Å². The van der Waals surface area contributed by atoms with E-state index in [4.69, 9.17) is 9.72 Å². The van der Waals surface area contributed by atoms with Crippen molar-refractivity contribution in [3.8, 4) is 0 Å². The maximum atomic E-state index is 13.2. The summed E-state index contributed by atoms with van der Waals surface area (Å²) in [4.78, 5) is 34.5. The van der Waals surface area contributed by atoms with E-state index < -0.39 is 17.5 Å². The second kappa shape index (κ2) is 13.2. The summed E-state index contributed by atoms with van der Waals surface area (Å²) in [5, 5.41) is 9.40. The van der Waals surface area contributed by atoms with Gasteiger partial charge in [0.15, 0.2) is 0 Å². The van der Waals surface area contributed by atoms with Crippen LogP contribution in [0.1, 0.15) is 74.4 Å². The molecule has 1 heterocycles. The van der Waals surface area contributed by atoms with Crippen LogP contribution in [0.2, 0.25) is 0 Å². The van der Waals surface area contributed by atoms with Crippen LogP contribution in [-0.4, -0.2) is 40.5 Å². The van der Waals surface area contributed by atoms with Gasteiger partial charge in [0.25, 0.3) is 5.91 Å². The first-order valence-corrected chi connectivity index (χ1v) is 13.8. The highest BCUT2D eigenvalue weighted by molar-refractivity contribution is 6.00. The molecule has 206 valence electrons. The molecule has 2 aromatic carbocycles. The fourth-order valence-electron chi connectivity index (χ4n) is 4.72. The molecule has 1 amide bonds. The van der Waals surface area contributed by atoms with Crippen LogP contribution in [0.25, 0.3) is 0 Å². The number of ether oxygens (including phenoxy) is 1. The molecular formula is C31H39N5O3. The number of hydrogen-bond acceptors (Lipinski definition) is 7. The molecule has 3 N–H and O–H groups in total. The van der Waals surface area contributed by atoms with Gasteiger partial charge in [0.05, 0.1) is 0 Å². The van der Waals surface area contributed by atoms with E-state index in [0.717, 1.165) is 24.2 Å². The van der Waals surface area contributed by atoms with Crippen molar-refractivity contribution in [1.82, 2.24) is 15.3 Å². The standard InChI is InChI=1S/C31H39N5O3/c1-31(2,3)39-27(37)21-32-29(38)25-20-34-30(33-19-23-14-8-5-9-15-23)36-28(25)35-26-17-11-10-16-24(26)18-22-12-6-4-7-13-22/h4,6-7,10-13,16-17,20,23H,5,8-9,14-15,18-19,21H2,1-3H3,(H,32,38)(H2,33,34,35,36). The van der Waals surface area contributed by atoms with Gasteiger partial charge in [-0.15, -0.1) is 0 Å². The van der Waals surface area contributed by atoms with Crippen LogP contribution < -0.4 is 16.0 Å². The second-order valence-corrected chi connectivity index (χ2v) is 11.1. The van der Waals surface area contributed by atoms with Gasteiger partial charge in [-0.25, -0.2) is 4.98 Å². The quantitative estimate of drug-likeness (QED) is 0.282. The molecule has 1 aliphatic carbocycles. The number of rotatable bonds is 10. The van der Waals surface area contributed by atoms with Gasteiger partial charge < -0.3 is 20.7 Å². The smallest absolute Gasteiger partial charge is 0.325 e. The first-order valence-electron chi connectivity index (χ1n) is 13.8. The lowest BCUT2D eigenvalue weighted by Gasteiger charge is -2.22. The Morgan fingerprint density at radius 1 is 0.974 bits per heavy atom. The average Bonchev–Trinajstić information content (AvgIpc) is 2.92. The van der Waals surface area contributed by atoms with E-state index in [9.17, 15) is 9.59 Å². The van der Waals surface area contributed by atoms with E-state index in [2.05, 4.69) is 39.1 Å². The van der Waals surface area contributed by atoms with Gasteiger partial charge in [-0.05, 0) is 63.1 Å². The molecular weight excluding hydrogens is 490 g/mol. The Balaban J connectivity index is 1.55. The molecule has 0 spiro atoms. The lowest BCUT2D eigenvalue weighted by atomic mass is 9.89. The second-order valence-electron chi connectivity index (χ2n) is 11.1. The van der Waals surface area contributed by atoms with E-state index in [1.54, 1.807) is 20.8 Å². The first-order chi connectivity index (χ1) is 18.8. The van der Waals surface area contributed by atoms with Crippen molar-refractivity contribution in [2.45, 2.75) is 64.9 Å². The lowest BCUT2D eigenvalue weighted by molar-refractivity contribution is -0.153. The number of carbonyl (C=O) groups excluding carboxylic acids is 2. The molecule has 1 aromatic heterocycles. The fraction of sp³-hybridized carbons (Fsp3) is 0.419. The maximum absolute atomic E-state index is 13.2. The molecule has 0 saturated heterocycles. The number of nitrogens with zero attached hydrogens (tertiary/aromatic N) is 2. The third kappa shape index (κ3) is 8.80. The Morgan fingerprint density at radius 2 is 1.69 bits per heavy atom. The lowest BCUT2D eigenvalue weighted by Crippen LogP contribution is -2.35. The van der Waals surface area contributed by atoms with Gasteiger partial charge in [-0.1, -0.05) is 67.8 Å². The SMILES string of the molecule is CC(C)(C)OC(=O)CNC(=O)c1cnc(NCC2CCCCC2)nc1Nc1ccccc1Cc1ccccc1. The molecule has 1 fully saturated rings. The topological polar surface area (TPSA) is 105 Å². The molecule has 3 aromatic rings. The van der Waals surface area contributed by atoms with Crippen molar-refractivity contribution < 1.29 is 14.3 Å². The van der Waals surface area contributed by atoms with Gasteiger partial charge in [-0.3, -0.25) is 9.59 Å². The third-order valence-electron chi connectivity index (χ3n) is 6.63. The Kier molecular flexibility index (Phi) is 9.52. The molecule has 0 aliphatic heterocycles. The largest absolute Gasteiger partial charge is 0.459 e. The van der Waals surface area contributed by atoms with E-state index in [1.807, 2.05) is 36.4 Å². The zero-order chi connectivity index (χ0) is 27.7. The summed E-state index contributed by atoms with van der Waals surface area (Å²) in [5.74, 6) is 0.473. The normalized spacial score (nSPS) is 13.9. The van der Waals surface area contributed by atoms with Crippen molar-refractivity contribution in [3.63, 3.8) is 0 Å². The number of amides is 1. The van der Waals surface area contributed by atoms with Gasteiger partial charge >= 0.3 is 5.97 Å². The minimum atomic E-state index is -0.633. The number of nitrogens with one attached hydrogen (secondary N) is 3. The predicted octanol–water partition coefficient (Wildman–Crippen LogP) is 5.87. The monoisotopic (exact) mass is 529 g/mol. The van der Waals surface area contributed by atoms with Crippen LogP contribution in [0.4, 0.5) is 17.5 Å². The maximum Gasteiger partial charge on any atom is 0.325 e. The van der Waals surface area contributed by atoms with Crippen LogP contribution >= 0.6 is 0 Å². The molecule has 39 heavy (non-hydrogen) atoms. The fourth-order valence-corrected chi connectivity index (χ4v) is 4.72. The summed E-state index contributed by atoms with van der Waals surface area (Å²) >= 11 is 0. The van der Waals surface area contributed by atoms with Gasteiger partial charge in [0.1, 0.15) is 23.5 Å². The van der Waals surface area contributed by atoms with Crippen molar-refractivity contribution in [2.24, 2.45) is 5.92 Å². The van der Waals surface area contributed by atoms with Crippen LogP contribution in [0.3, 0.4) is 0 Å². The number of benzene rings is 2. The minimum absolute atomic E-state index is 0.247.